The van der Waals surface area contributed by atoms with Crippen molar-refractivity contribution in [3.05, 3.63) is 26.3 Å². The summed E-state index contributed by atoms with van der Waals surface area (Å²) in [5.41, 5.74) is 3.85. The van der Waals surface area contributed by atoms with Gasteiger partial charge in [-0.15, -0.1) is 12.4 Å². The molecule has 0 aliphatic heterocycles. The van der Waals surface area contributed by atoms with Crippen molar-refractivity contribution >= 4 is 35.0 Å². The van der Waals surface area contributed by atoms with Gasteiger partial charge >= 0.3 is 0 Å². The van der Waals surface area contributed by atoms with E-state index in [0.717, 1.165) is 15.6 Å². The number of nitrogens with one attached hydrogen (secondary N) is 1. The van der Waals surface area contributed by atoms with Gasteiger partial charge in [0.2, 0.25) is 0 Å². The first-order valence-corrected chi connectivity index (χ1v) is 6.78. The highest BCUT2D eigenvalue weighted by Gasteiger charge is 2.16. The number of phenolic OH excluding ortho intramolecular Hbond substituents is 1. The molecule has 0 unspecified atom stereocenters. The van der Waals surface area contributed by atoms with Crippen molar-refractivity contribution in [1.29, 1.82) is 0 Å². The predicted molar refractivity (Wildman–Crippen MR) is 84.4 cm³/mol. The van der Waals surface area contributed by atoms with Crippen LogP contribution in [-0.2, 0) is 12.8 Å². The molecule has 0 radical (unpaired) electrons. The Balaban J connectivity index is 0.000000583. The first kappa shape index (κ1) is 17.0. The van der Waals surface area contributed by atoms with Crippen molar-refractivity contribution in [2.75, 3.05) is 14.1 Å². The van der Waals surface area contributed by atoms with E-state index in [9.17, 15) is 5.11 Å². The number of halogens is 2. The lowest BCUT2D eigenvalue weighted by Crippen LogP contribution is -2.05. The zero-order valence-corrected chi connectivity index (χ0v) is 13.6. The van der Waals surface area contributed by atoms with E-state index in [2.05, 4.69) is 34.0 Å². The fourth-order valence-electron chi connectivity index (χ4n) is 1.98. The average Bonchev–Trinajstić information content (AvgIpc) is 2.27. The number of hydrogen-bond donors (Lipinski definition) is 2. The van der Waals surface area contributed by atoms with Crippen LogP contribution in [0.3, 0.4) is 0 Å². The molecular formula is C13H21ClINO. The fraction of sp³-hybridized carbons (Fsp3) is 0.538. The van der Waals surface area contributed by atoms with E-state index in [4.69, 9.17) is 0 Å². The average molecular weight is 370 g/mol. The highest BCUT2D eigenvalue weighted by Crippen LogP contribution is 2.34. The van der Waals surface area contributed by atoms with Crippen LogP contribution in [0.15, 0.2) is 6.07 Å². The second kappa shape index (κ2) is 8.16. The van der Waals surface area contributed by atoms with E-state index >= 15 is 0 Å². The Kier molecular flexibility index (Phi) is 8.16. The van der Waals surface area contributed by atoms with Crippen LogP contribution in [0, 0.1) is 10.5 Å². The van der Waals surface area contributed by atoms with Gasteiger partial charge in [-0.3, -0.25) is 0 Å². The van der Waals surface area contributed by atoms with Crippen LogP contribution in [0.1, 0.15) is 29.5 Å². The van der Waals surface area contributed by atoms with Gasteiger partial charge in [-0.2, -0.15) is 0 Å². The molecule has 0 heterocycles. The van der Waals surface area contributed by atoms with Crippen LogP contribution >= 0.6 is 35.0 Å². The molecule has 0 spiro atoms. The standard InChI is InChI=1S/C11H13IO.C2H7N.ClH/c1-7-6-8-4-2-3-5-9(8)10(12)11(7)13;1-3-2;/h6,13H,2-5H2,1H3;3H,1-2H3;1H. The summed E-state index contributed by atoms with van der Waals surface area (Å²) in [6.07, 6.45) is 4.90. The summed E-state index contributed by atoms with van der Waals surface area (Å²) in [4.78, 5) is 0. The summed E-state index contributed by atoms with van der Waals surface area (Å²) in [5, 5.41) is 12.5. The third-order valence-electron chi connectivity index (χ3n) is 2.75. The Bertz CT molecular complexity index is 369. The van der Waals surface area contributed by atoms with Crippen molar-refractivity contribution in [1.82, 2.24) is 5.32 Å². The van der Waals surface area contributed by atoms with E-state index in [1.54, 1.807) is 0 Å². The minimum Gasteiger partial charge on any atom is -0.507 e. The summed E-state index contributed by atoms with van der Waals surface area (Å²) in [6, 6.07) is 2.14. The molecule has 0 saturated carbocycles. The van der Waals surface area contributed by atoms with Crippen LogP contribution in [0.25, 0.3) is 0 Å². The Morgan fingerprint density at radius 3 is 2.35 bits per heavy atom. The Morgan fingerprint density at radius 2 is 1.76 bits per heavy atom. The molecule has 1 aromatic rings. The van der Waals surface area contributed by atoms with Gasteiger partial charge in [-0.05, 0) is 86.0 Å². The van der Waals surface area contributed by atoms with Gasteiger partial charge in [0.1, 0.15) is 5.75 Å². The van der Waals surface area contributed by atoms with Crippen molar-refractivity contribution in [3.8, 4) is 5.75 Å². The van der Waals surface area contributed by atoms with Crippen molar-refractivity contribution < 1.29 is 5.11 Å². The normalized spacial score (nSPS) is 12.9. The summed E-state index contributed by atoms with van der Waals surface area (Å²) in [7, 11) is 3.75. The molecule has 2 N–H and O–H groups in total. The molecule has 17 heavy (non-hydrogen) atoms. The van der Waals surface area contributed by atoms with E-state index in [-0.39, 0.29) is 12.4 Å². The summed E-state index contributed by atoms with van der Waals surface area (Å²) in [6.45, 7) is 1.98. The Morgan fingerprint density at radius 1 is 1.24 bits per heavy atom. The smallest absolute Gasteiger partial charge is 0.132 e. The second-order valence-electron chi connectivity index (χ2n) is 4.20. The SMILES string of the molecule is CNC.Cc1cc2c(c(I)c1O)CCCC2.Cl. The molecule has 1 aliphatic carbocycles. The maximum atomic E-state index is 9.75. The lowest BCUT2D eigenvalue weighted by Gasteiger charge is -2.19. The third kappa shape index (κ3) is 4.30. The van der Waals surface area contributed by atoms with Gasteiger partial charge in [0.25, 0.3) is 0 Å². The molecule has 1 aromatic carbocycles. The van der Waals surface area contributed by atoms with Crippen LogP contribution < -0.4 is 5.32 Å². The quantitative estimate of drug-likeness (QED) is 0.687. The molecular weight excluding hydrogens is 349 g/mol. The number of rotatable bonds is 0. The first-order valence-electron chi connectivity index (χ1n) is 5.70. The predicted octanol–water partition coefficient (Wildman–Crippen LogP) is 3.44. The summed E-state index contributed by atoms with van der Waals surface area (Å²) >= 11 is 2.26. The van der Waals surface area contributed by atoms with E-state index in [0.29, 0.717) is 5.75 Å². The van der Waals surface area contributed by atoms with Crippen LogP contribution in [0.5, 0.6) is 5.75 Å². The van der Waals surface area contributed by atoms with Crippen molar-refractivity contribution in [2.45, 2.75) is 32.6 Å². The Labute approximate surface area is 124 Å². The maximum Gasteiger partial charge on any atom is 0.132 e. The fourth-order valence-corrected chi connectivity index (χ4v) is 3.03. The molecule has 0 atom stereocenters. The second-order valence-corrected chi connectivity index (χ2v) is 5.28. The number of aryl methyl sites for hydroxylation is 2. The topological polar surface area (TPSA) is 32.3 Å². The molecule has 0 saturated heterocycles. The van der Waals surface area contributed by atoms with Crippen LogP contribution in [0.4, 0.5) is 0 Å². The molecule has 4 heteroatoms. The first-order chi connectivity index (χ1) is 7.61. The van der Waals surface area contributed by atoms with Gasteiger partial charge in [0.05, 0.1) is 3.57 Å². The Hall–Kier alpha value is -0.000000000000000111. The molecule has 98 valence electrons. The van der Waals surface area contributed by atoms with E-state index in [1.165, 1.54) is 30.4 Å². The van der Waals surface area contributed by atoms with Gasteiger partial charge in [-0.25, -0.2) is 0 Å². The molecule has 0 amide bonds. The van der Waals surface area contributed by atoms with E-state index in [1.807, 2.05) is 21.0 Å². The van der Waals surface area contributed by atoms with Gasteiger partial charge < -0.3 is 10.4 Å². The molecule has 2 nitrogen and oxygen atoms in total. The highest BCUT2D eigenvalue weighted by molar-refractivity contribution is 14.1. The van der Waals surface area contributed by atoms with Crippen molar-refractivity contribution in [3.63, 3.8) is 0 Å². The molecule has 1 aliphatic rings. The number of aromatic hydroxyl groups is 1. The zero-order chi connectivity index (χ0) is 12.1. The molecule has 2 rings (SSSR count). The monoisotopic (exact) mass is 369 g/mol. The summed E-state index contributed by atoms with van der Waals surface area (Å²) in [5.74, 6) is 0.487. The largest absolute Gasteiger partial charge is 0.507 e. The summed E-state index contributed by atoms with van der Waals surface area (Å²) < 4.78 is 1.08. The minimum atomic E-state index is 0. The van der Waals surface area contributed by atoms with Crippen LogP contribution in [-0.4, -0.2) is 19.2 Å². The lowest BCUT2D eigenvalue weighted by atomic mass is 9.90. The van der Waals surface area contributed by atoms with Crippen LogP contribution in [0.2, 0.25) is 0 Å². The molecule has 0 aromatic heterocycles. The van der Waals surface area contributed by atoms with Gasteiger partial charge in [0, 0.05) is 0 Å². The van der Waals surface area contributed by atoms with E-state index < -0.39 is 0 Å². The van der Waals surface area contributed by atoms with Gasteiger partial charge in [0.15, 0.2) is 0 Å². The number of benzene rings is 1. The van der Waals surface area contributed by atoms with Crippen molar-refractivity contribution in [2.24, 2.45) is 0 Å². The molecule has 0 fully saturated rings. The minimum absolute atomic E-state index is 0. The number of fused-ring (bicyclic) bond motifs is 1. The highest BCUT2D eigenvalue weighted by atomic mass is 127. The number of hydrogen-bond acceptors (Lipinski definition) is 2. The lowest BCUT2D eigenvalue weighted by molar-refractivity contribution is 0.464. The number of phenols is 1. The van der Waals surface area contributed by atoms with Gasteiger partial charge in [-0.1, -0.05) is 6.07 Å². The zero-order valence-electron chi connectivity index (χ0n) is 10.6. The third-order valence-corrected chi connectivity index (χ3v) is 3.91. The molecule has 0 bridgehead atoms. The maximum absolute atomic E-state index is 9.75.